The highest BCUT2D eigenvalue weighted by atomic mass is 19.4. The lowest BCUT2D eigenvalue weighted by Crippen LogP contribution is -2.14. The Balaban J connectivity index is 1.87. The van der Waals surface area contributed by atoms with Gasteiger partial charge in [-0.05, 0) is 19.9 Å². The highest BCUT2D eigenvalue weighted by molar-refractivity contribution is 5.93. The summed E-state index contributed by atoms with van der Waals surface area (Å²) in [7, 11) is 0. The third kappa shape index (κ3) is 3.96. The Morgan fingerprint density at radius 1 is 1.12 bits per heavy atom. The number of alkyl halides is 5. The minimum atomic E-state index is -4.73. The zero-order valence-electron chi connectivity index (χ0n) is 17.3. The molecule has 0 amide bonds. The van der Waals surface area contributed by atoms with Gasteiger partial charge in [-0.1, -0.05) is 24.8 Å². The Morgan fingerprint density at radius 3 is 2.48 bits per heavy atom. The summed E-state index contributed by atoms with van der Waals surface area (Å²) in [6, 6.07) is 3.93. The van der Waals surface area contributed by atoms with Crippen LogP contribution in [-0.2, 0) is 0 Å². The zero-order valence-corrected chi connectivity index (χ0v) is 17.3. The fraction of sp³-hybridized carbons (Fsp3) is 0.238. The van der Waals surface area contributed by atoms with Crippen LogP contribution >= 0.6 is 0 Å². The Morgan fingerprint density at radius 2 is 1.82 bits per heavy atom. The number of aryl methyl sites for hydroxylation is 1. The van der Waals surface area contributed by atoms with Crippen LogP contribution in [0.15, 0.2) is 37.2 Å². The summed E-state index contributed by atoms with van der Waals surface area (Å²) < 4.78 is 82.2. The maximum absolute atomic E-state index is 14.6. The van der Waals surface area contributed by atoms with Crippen molar-refractivity contribution in [2.45, 2.75) is 32.5 Å². The minimum Gasteiger partial charge on any atom is -0.363 e. The number of hydrogen-bond donors (Lipinski definition) is 1. The monoisotopic (exact) mass is 466 g/mol. The molecule has 0 aliphatic heterocycles. The second-order valence-electron chi connectivity index (χ2n) is 7.31. The summed E-state index contributed by atoms with van der Waals surface area (Å²) in [5.41, 5.74) is -2.21. The molecular weight excluding hydrogens is 450 g/mol. The van der Waals surface area contributed by atoms with E-state index < -0.39 is 35.6 Å². The fourth-order valence-corrected chi connectivity index (χ4v) is 3.48. The molecule has 33 heavy (non-hydrogen) atoms. The van der Waals surface area contributed by atoms with E-state index in [1.54, 1.807) is 0 Å². The summed E-state index contributed by atoms with van der Waals surface area (Å²) >= 11 is 0. The van der Waals surface area contributed by atoms with Gasteiger partial charge in [0.15, 0.2) is 11.3 Å². The summed E-state index contributed by atoms with van der Waals surface area (Å²) in [5.74, 6) is -0.807. The second kappa shape index (κ2) is 8.01. The van der Waals surface area contributed by atoms with Gasteiger partial charge in [0.2, 0.25) is 0 Å². The van der Waals surface area contributed by atoms with Crippen molar-refractivity contribution in [2.24, 2.45) is 0 Å². The van der Waals surface area contributed by atoms with Crippen LogP contribution in [0.5, 0.6) is 0 Å². The van der Waals surface area contributed by atoms with E-state index in [-0.39, 0.29) is 39.4 Å². The molecule has 0 unspecified atom stereocenters. The van der Waals surface area contributed by atoms with Crippen molar-refractivity contribution in [3.8, 4) is 0 Å². The summed E-state index contributed by atoms with van der Waals surface area (Å²) in [6.45, 7) is 6.17. The molecule has 0 saturated carbocycles. The number of aromatic nitrogens is 5. The van der Waals surface area contributed by atoms with Gasteiger partial charge < -0.3 is 5.32 Å². The number of pyridine rings is 1. The fourth-order valence-electron chi connectivity index (χ4n) is 3.48. The van der Waals surface area contributed by atoms with E-state index in [0.29, 0.717) is 0 Å². The van der Waals surface area contributed by atoms with E-state index in [0.717, 1.165) is 16.9 Å². The van der Waals surface area contributed by atoms with Crippen molar-refractivity contribution in [1.82, 2.24) is 24.6 Å². The average Bonchev–Trinajstić information content (AvgIpc) is 3.13. The summed E-state index contributed by atoms with van der Waals surface area (Å²) in [5, 5.41) is 7.13. The van der Waals surface area contributed by atoms with Gasteiger partial charge in [-0.2, -0.15) is 17.7 Å². The van der Waals surface area contributed by atoms with E-state index in [1.807, 2.05) is 0 Å². The predicted octanol–water partition coefficient (Wildman–Crippen LogP) is 5.81. The van der Waals surface area contributed by atoms with E-state index >= 15 is 0 Å². The molecule has 0 spiro atoms. The molecule has 0 aliphatic rings. The number of nitrogens with zero attached hydrogens (tertiary/aromatic N) is 5. The smallest absolute Gasteiger partial charge is 0.363 e. The van der Waals surface area contributed by atoms with Crippen LogP contribution in [0.1, 0.15) is 41.9 Å². The van der Waals surface area contributed by atoms with Crippen molar-refractivity contribution in [2.75, 3.05) is 5.32 Å². The standard InChI is InChI=1S/C21H16F6N6/c1-9(21(25,26)27)14-7-15-18(28-8-29-19(15)33-20(14)31-11(3)32-33)30-10(2)12-5-4-6-13(16(12)22)17(23)24/h4-8,10,17H,1H2,2-3H3,(H,28,29,30)/t10-/m1/s1. The lowest BCUT2D eigenvalue weighted by atomic mass is 10.0. The highest BCUT2D eigenvalue weighted by Gasteiger charge is 2.35. The highest BCUT2D eigenvalue weighted by Crippen LogP contribution is 2.37. The third-order valence-electron chi connectivity index (χ3n) is 5.09. The number of rotatable bonds is 5. The molecule has 1 aromatic carbocycles. The summed E-state index contributed by atoms with van der Waals surface area (Å²) in [4.78, 5) is 12.2. The molecule has 3 aromatic heterocycles. The first kappa shape index (κ1) is 22.5. The van der Waals surface area contributed by atoms with Gasteiger partial charge in [0.1, 0.15) is 23.8 Å². The number of benzene rings is 1. The van der Waals surface area contributed by atoms with Gasteiger partial charge in [-0.15, -0.1) is 5.10 Å². The lowest BCUT2D eigenvalue weighted by molar-refractivity contribution is -0.0686. The number of allylic oxidation sites excluding steroid dienone is 1. The molecule has 4 aromatic rings. The Labute approximate surface area is 183 Å². The van der Waals surface area contributed by atoms with Gasteiger partial charge in [0, 0.05) is 11.1 Å². The van der Waals surface area contributed by atoms with Gasteiger partial charge in [0.25, 0.3) is 6.43 Å². The molecule has 3 heterocycles. The van der Waals surface area contributed by atoms with Crippen LogP contribution < -0.4 is 5.32 Å². The number of anilines is 1. The molecule has 6 nitrogen and oxygen atoms in total. The van der Waals surface area contributed by atoms with Crippen molar-refractivity contribution in [1.29, 1.82) is 0 Å². The molecule has 0 bridgehead atoms. The molecule has 0 aliphatic carbocycles. The van der Waals surface area contributed by atoms with Crippen molar-refractivity contribution < 1.29 is 26.3 Å². The van der Waals surface area contributed by atoms with Crippen molar-refractivity contribution in [3.05, 3.63) is 65.5 Å². The molecule has 4 rings (SSSR count). The van der Waals surface area contributed by atoms with Crippen LogP contribution in [-0.4, -0.2) is 30.7 Å². The van der Waals surface area contributed by atoms with Gasteiger partial charge in [0.05, 0.1) is 22.6 Å². The Hall–Kier alpha value is -3.70. The molecule has 1 atom stereocenters. The SMILES string of the molecule is C=C(c1cc2c(N[C@H](C)c3cccc(C(F)F)c3F)ncnc2n2nc(C)nc12)C(F)(F)F. The van der Waals surface area contributed by atoms with E-state index in [9.17, 15) is 26.3 Å². The number of hydrogen-bond acceptors (Lipinski definition) is 5. The molecule has 0 radical (unpaired) electrons. The lowest BCUT2D eigenvalue weighted by Gasteiger charge is -2.19. The second-order valence-corrected chi connectivity index (χ2v) is 7.31. The maximum atomic E-state index is 14.6. The predicted molar refractivity (Wildman–Crippen MR) is 109 cm³/mol. The van der Waals surface area contributed by atoms with Crippen molar-refractivity contribution >= 4 is 28.1 Å². The van der Waals surface area contributed by atoms with Crippen LogP contribution in [0.3, 0.4) is 0 Å². The first-order chi connectivity index (χ1) is 15.5. The van der Waals surface area contributed by atoms with Crippen LogP contribution in [0.2, 0.25) is 0 Å². The van der Waals surface area contributed by atoms with E-state index in [1.165, 1.54) is 32.0 Å². The number of nitrogens with one attached hydrogen (secondary N) is 1. The largest absolute Gasteiger partial charge is 0.416 e. The molecule has 1 N–H and O–H groups in total. The van der Waals surface area contributed by atoms with Gasteiger partial charge in [-0.3, -0.25) is 0 Å². The average molecular weight is 466 g/mol. The minimum absolute atomic E-state index is 0.0561. The maximum Gasteiger partial charge on any atom is 0.416 e. The normalized spacial score (nSPS) is 13.1. The first-order valence-corrected chi connectivity index (χ1v) is 9.59. The van der Waals surface area contributed by atoms with Crippen LogP contribution in [0.4, 0.5) is 32.2 Å². The Bertz CT molecular complexity index is 1380. The molecule has 0 fully saturated rings. The molecule has 172 valence electrons. The third-order valence-corrected chi connectivity index (χ3v) is 5.09. The van der Waals surface area contributed by atoms with Crippen LogP contribution in [0, 0.1) is 12.7 Å². The van der Waals surface area contributed by atoms with Gasteiger partial charge >= 0.3 is 6.18 Å². The van der Waals surface area contributed by atoms with E-state index in [2.05, 4.69) is 31.9 Å². The van der Waals surface area contributed by atoms with Crippen molar-refractivity contribution in [3.63, 3.8) is 0 Å². The quantitative estimate of drug-likeness (QED) is 0.376. The van der Waals surface area contributed by atoms with E-state index in [4.69, 9.17) is 0 Å². The molecular formula is C21H16F6N6. The topological polar surface area (TPSA) is 68.0 Å². The Kier molecular flexibility index (Phi) is 5.46. The molecule has 12 heteroatoms. The van der Waals surface area contributed by atoms with Gasteiger partial charge in [-0.25, -0.2) is 28.1 Å². The van der Waals surface area contributed by atoms with Crippen LogP contribution in [0.25, 0.3) is 22.3 Å². The number of halogens is 6. The number of fused-ring (bicyclic) bond motifs is 3. The summed E-state index contributed by atoms with van der Waals surface area (Å²) in [6.07, 6.45) is -6.58. The first-order valence-electron chi connectivity index (χ1n) is 9.59. The molecule has 0 saturated heterocycles. The zero-order chi connectivity index (χ0) is 24.1.